The Kier molecular flexibility index (Phi) is 6.85. The number of carbonyl (C=O) groups is 2. The highest BCUT2D eigenvalue weighted by atomic mass is 16.7. The highest BCUT2D eigenvalue weighted by Gasteiger charge is 2.52. The van der Waals surface area contributed by atoms with E-state index < -0.39 is 35.7 Å². The average molecular weight is 404 g/mol. The van der Waals surface area contributed by atoms with E-state index in [9.17, 15) is 9.59 Å². The van der Waals surface area contributed by atoms with Crippen LogP contribution in [-0.4, -0.2) is 43.5 Å². The summed E-state index contributed by atoms with van der Waals surface area (Å²) >= 11 is 0. The molecule has 1 aliphatic heterocycles. The number of ether oxygens (including phenoxy) is 2. The zero-order valence-electron chi connectivity index (χ0n) is 18.7. The SMILES string of the molecule is C=C(C)C1=CC(C(=O)OCC)(C(=O)OCC)CC=C1CB1OC(C)(C)C(C)(C)O1. The first-order valence-electron chi connectivity index (χ1n) is 10.2. The van der Waals surface area contributed by atoms with Gasteiger partial charge in [0.25, 0.3) is 0 Å². The second-order valence-corrected chi connectivity index (χ2v) is 8.57. The average Bonchev–Trinajstić information content (AvgIpc) is 2.81. The van der Waals surface area contributed by atoms with Crippen molar-refractivity contribution in [3.8, 4) is 0 Å². The number of esters is 2. The molecule has 0 aromatic rings. The smallest absolute Gasteiger partial charge is 0.462 e. The van der Waals surface area contributed by atoms with E-state index in [0.717, 1.165) is 16.7 Å². The maximum atomic E-state index is 12.8. The van der Waals surface area contributed by atoms with Crippen LogP contribution in [0.5, 0.6) is 0 Å². The minimum absolute atomic E-state index is 0.163. The summed E-state index contributed by atoms with van der Waals surface area (Å²) in [5.41, 5.74) is 0.0385. The zero-order valence-corrected chi connectivity index (χ0v) is 18.7. The Morgan fingerprint density at radius 3 is 1.97 bits per heavy atom. The van der Waals surface area contributed by atoms with Crippen molar-refractivity contribution in [3.63, 3.8) is 0 Å². The van der Waals surface area contributed by atoms with Crippen LogP contribution in [0.1, 0.15) is 54.9 Å². The van der Waals surface area contributed by atoms with E-state index in [1.807, 2.05) is 40.7 Å². The third kappa shape index (κ3) is 4.51. The molecule has 0 aromatic carbocycles. The predicted octanol–water partition coefficient (Wildman–Crippen LogP) is 4.02. The fourth-order valence-electron chi connectivity index (χ4n) is 3.50. The Labute approximate surface area is 174 Å². The Bertz CT molecular complexity index is 712. The van der Waals surface area contributed by atoms with Crippen molar-refractivity contribution in [1.82, 2.24) is 0 Å². The minimum atomic E-state index is -1.50. The third-order valence-corrected chi connectivity index (χ3v) is 5.83. The highest BCUT2D eigenvalue weighted by molar-refractivity contribution is 6.46. The molecular formula is C22H33BO6. The lowest BCUT2D eigenvalue weighted by atomic mass is 9.70. The summed E-state index contributed by atoms with van der Waals surface area (Å²) in [6.07, 6.45) is 4.18. The van der Waals surface area contributed by atoms with E-state index in [1.54, 1.807) is 19.9 Å². The van der Waals surface area contributed by atoms with Crippen LogP contribution in [0.4, 0.5) is 0 Å². The summed E-state index contributed by atoms with van der Waals surface area (Å²) in [5, 5.41) is 0. The van der Waals surface area contributed by atoms with Crippen molar-refractivity contribution in [2.75, 3.05) is 13.2 Å². The van der Waals surface area contributed by atoms with Crippen molar-refractivity contribution in [2.24, 2.45) is 5.41 Å². The third-order valence-electron chi connectivity index (χ3n) is 5.83. The molecule has 1 fully saturated rings. The van der Waals surface area contributed by atoms with Crippen LogP contribution in [-0.2, 0) is 28.4 Å². The van der Waals surface area contributed by atoms with E-state index in [1.165, 1.54) is 0 Å². The van der Waals surface area contributed by atoms with Crippen molar-refractivity contribution < 1.29 is 28.4 Å². The number of rotatable bonds is 7. The van der Waals surface area contributed by atoms with Crippen LogP contribution >= 0.6 is 0 Å². The van der Waals surface area contributed by atoms with Gasteiger partial charge in [-0.05, 0) is 72.1 Å². The van der Waals surface area contributed by atoms with Crippen molar-refractivity contribution in [2.45, 2.75) is 72.4 Å². The van der Waals surface area contributed by atoms with E-state index in [2.05, 4.69) is 6.58 Å². The normalized spacial score (nSPS) is 21.8. The van der Waals surface area contributed by atoms with Crippen LogP contribution in [0.25, 0.3) is 0 Å². The van der Waals surface area contributed by atoms with E-state index in [0.29, 0.717) is 6.32 Å². The van der Waals surface area contributed by atoms with Gasteiger partial charge in [-0.25, -0.2) is 0 Å². The van der Waals surface area contributed by atoms with Crippen LogP contribution in [0.2, 0.25) is 6.32 Å². The highest BCUT2D eigenvalue weighted by Crippen LogP contribution is 2.43. The molecule has 2 rings (SSSR count). The molecule has 0 radical (unpaired) electrons. The first-order valence-corrected chi connectivity index (χ1v) is 10.2. The van der Waals surface area contributed by atoms with Gasteiger partial charge in [-0.2, -0.15) is 0 Å². The maximum absolute atomic E-state index is 12.8. The van der Waals surface area contributed by atoms with Gasteiger partial charge in [0.2, 0.25) is 0 Å². The molecule has 0 aromatic heterocycles. The summed E-state index contributed by atoms with van der Waals surface area (Å²) in [6, 6.07) is 0. The lowest BCUT2D eigenvalue weighted by Crippen LogP contribution is -2.42. The van der Waals surface area contributed by atoms with Crippen LogP contribution in [0.3, 0.4) is 0 Å². The molecule has 1 heterocycles. The van der Waals surface area contributed by atoms with E-state index in [-0.39, 0.29) is 19.6 Å². The second-order valence-electron chi connectivity index (χ2n) is 8.57. The molecule has 1 saturated heterocycles. The molecular weight excluding hydrogens is 371 g/mol. The lowest BCUT2D eigenvalue weighted by Gasteiger charge is -2.32. The van der Waals surface area contributed by atoms with Gasteiger partial charge in [-0.15, -0.1) is 0 Å². The fraction of sp³-hybridized carbons (Fsp3) is 0.636. The number of carbonyl (C=O) groups excluding carboxylic acids is 2. The molecule has 2 aliphatic rings. The van der Waals surface area contributed by atoms with Crippen molar-refractivity contribution in [3.05, 3.63) is 35.5 Å². The summed E-state index contributed by atoms with van der Waals surface area (Å²) in [5.74, 6) is -1.22. The monoisotopic (exact) mass is 404 g/mol. The number of hydrogen-bond donors (Lipinski definition) is 0. The molecule has 0 amide bonds. The second kappa shape index (κ2) is 8.48. The van der Waals surface area contributed by atoms with Gasteiger partial charge in [0, 0.05) is 6.32 Å². The molecule has 0 atom stereocenters. The van der Waals surface area contributed by atoms with E-state index in [4.69, 9.17) is 18.8 Å². The summed E-state index contributed by atoms with van der Waals surface area (Å²) in [6.45, 7) is 17.7. The topological polar surface area (TPSA) is 71.1 Å². The molecule has 6 nitrogen and oxygen atoms in total. The standard InChI is InChI=1S/C22H33BO6/c1-9-26-18(24)22(19(25)27-10-2)12-11-16(17(13-22)15(3)4)14-23-28-20(5,6)21(7,8)29-23/h11,13H,3,9-10,12,14H2,1-2,4-8H3. The largest absolute Gasteiger partial charge is 0.465 e. The first-order chi connectivity index (χ1) is 13.4. The van der Waals surface area contributed by atoms with Crippen LogP contribution < -0.4 is 0 Å². The summed E-state index contributed by atoms with van der Waals surface area (Å²) in [4.78, 5) is 25.5. The molecule has 160 valence electrons. The molecule has 0 bridgehead atoms. The Morgan fingerprint density at radius 1 is 1.07 bits per heavy atom. The Hall–Kier alpha value is -1.86. The van der Waals surface area contributed by atoms with Gasteiger partial charge in [0.05, 0.1) is 24.4 Å². The number of hydrogen-bond acceptors (Lipinski definition) is 6. The van der Waals surface area contributed by atoms with Gasteiger partial charge in [0.15, 0.2) is 5.41 Å². The predicted molar refractivity (Wildman–Crippen MR) is 112 cm³/mol. The van der Waals surface area contributed by atoms with Crippen LogP contribution in [0, 0.1) is 5.41 Å². The van der Waals surface area contributed by atoms with Crippen LogP contribution in [0.15, 0.2) is 35.5 Å². The fourth-order valence-corrected chi connectivity index (χ4v) is 3.50. The molecule has 0 spiro atoms. The summed E-state index contributed by atoms with van der Waals surface area (Å²) in [7, 11) is -0.424. The quantitative estimate of drug-likeness (QED) is 0.363. The van der Waals surface area contributed by atoms with Gasteiger partial charge in [-0.1, -0.05) is 18.2 Å². The maximum Gasteiger partial charge on any atom is 0.462 e. The summed E-state index contributed by atoms with van der Waals surface area (Å²) < 4.78 is 22.7. The Morgan fingerprint density at radius 2 is 1.55 bits per heavy atom. The van der Waals surface area contributed by atoms with Gasteiger partial charge in [-0.3, -0.25) is 9.59 Å². The zero-order chi connectivity index (χ0) is 22.0. The van der Waals surface area contributed by atoms with Crippen molar-refractivity contribution >= 4 is 19.1 Å². The number of allylic oxidation sites excluding steroid dienone is 4. The molecule has 29 heavy (non-hydrogen) atoms. The van der Waals surface area contributed by atoms with Gasteiger partial charge in [0.1, 0.15) is 0 Å². The molecule has 0 saturated carbocycles. The Balaban J connectivity index is 2.36. The molecule has 7 heteroatoms. The molecule has 1 aliphatic carbocycles. The first kappa shape index (κ1) is 23.4. The molecule has 0 unspecified atom stereocenters. The van der Waals surface area contributed by atoms with E-state index >= 15 is 0 Å². The van der Waals surface area contributed by atoms with Crippen molar-refractivity contribution in [1.29, 1.82) is 0 Å². The van der Waals surface area contributed by atoms with Gasteiger partial charge < -0.3 is 18.8 Å². The molecule has 0 N–H and O–H groups in total. The minimum Gasteiger partial charge on any atom is -0.465 e. The lowest BCUT2D eigenvalue weighted by molar-refractivity contribution is -0.167. The van der Waals surface area contributed by atoms with Gasteiger partial charge >= 0.3 is 19.1 Å².